The van der Waals surface area contributed by atoms with E-state index in [2.05, 4.69) is 129 Å². The molecular weight excluding hydrogens is 488 g/mol. The van der Waals surface area contributed by atoms with E-state index in [1.54, 1.807) is 0 Å². The van der Waals surface area contributed by atoms with Gasteiger partial charge in [0.25, 0.3) is 0 Å². The number of pyridine rings is 2. The maximum absolute atomic E-state index is 5.02. The van der Waals surface area contributed by atoms with Gasteiger partial charge in [-0.3, -0.25) is 9.97 Å². The Morgan fingerprint density at radius 2 is 1.18 bits per heavy atom. The van der Waals surface area contributed by atoms with Crippen LogP contribution < -0.4 is 0 Å². The lowest BCUT2D eigenvalue weighted by atomic mass is 10.0. The maximum atomic E-state index is 5.02. The molecule has 0 aliphatic heterocycles. The van der Waals surface area contributed by atoms with Gasteiger partial charge in [0.2, 0.25) is 0 Å². The number of aromatic nitrogens is 4. The second-order valence-electron chi connectivity index (χ2n) is 10.3. The standard InChI is InChI=1S/C36H22N4/c1-2-11-24(12-3-1)39-29-16-6-5-14-26(29)33-34-27(15-9-20-38-34)32-25-13-4-7-17-30(25)40(35(32)36(33)39)31-18-8-10-23-19-21-37-22-28(23)31/h1-22H. The number of benzene rings is 5. The summed E-state index contributed by atoms with van der Waals surface area (Å²) in [4.78, 5) is 9.55. The quantitative estimate of drug-likeness (QED) is 0.233. The van der Waals surface area contributed by atoms with Crippen LogP contribution >= 0.6 is 0 Å². The van der Waals surface area contributed by atoms with Gasteiger partial charge in [-0.05, 0) is 47.9 Å². The van der Waals surface area contributed by atoms with Crippen molar-refractivity contribution < 1.29 is 0 Å². The van der Waals surface area contributed by atoms with Crippen LogP contribution in [0.5, 0.6) is 0 Å². The summed E-state index contributed by atoms with van der Waals surface area (Å²) in [5.41, 5.74) is 7.93. The average molecular weight is 511 g/mol. The SMILES string of the molecule is c1ccc(-n2c3ccccc3c3c4ncccc4c4c5ccccc5n(-c5cccc6ccncc56)c4c32)cc1. The average Bonchev–Trinajstić information content (AvgIpc) is 3.55. The number of rotatable bonds is 2. The van der Waals surface area contributed by atoms with E-state index < -0.39 is 0 Å². The molecule has 4 heterocycles. The summed E-state index contributed by atoms with van der Waals surface area (Å²) in [5.74, 6) is 0. The molecule has 0 spiro atoms. The Morgan fingerprint density at radius 1 is 0.475 bits per heavy atom. The van der Waals surface area contributed by atoms with Crippen LogP contribution in [0.4, 0.5) is 0 Å². The van der Waals surface area contributed by atoms with Crippen LogP contribution in [0.2, 0.25) is 0 Å². The molecule has 0 N–H and O–H groups in total. The first-order valence-electron chi connectivity index (χ1n) is 13.5. The third kappa shape index (κ3) is 2.74. The fraction of sp³-hybridized carbons (Fsp3) is 0. The van der Waals surface area contributed by atoms with Crippen LogP contribution in [0.1, 0.15) is 0 Å². The molecule has 0 bridgehead atoms. The largest absolute Gasteiger partial charge is 0.307 e. The Hall–Kier alpha value is -5.48. The zero-order valence-electron chi connectivity index (χ0n) is 21.5. The first kappa shape index (κ1) is 21.5. The fourth-order valence-corrected chi connectivity index (χ4v) is 6.63. The highest BCUT2D eigenvalue weighted by atomic mass is 15.0. The number of nitrogens with zero attached hydrogens (tertiary/aromatic N) is 4. The summed E-state index contributed by atoms with van der Waals surface area (Å²) in [6.45, 7) is 0. The Balaban J connectivity index is 1.67. The van der Waals surface area contributed by atoms with E-state index in [0.29, 0.717) is 0 Å². The molecule has 0 saturated carbocycles. The molecule has 186 valence electrons. The first-order valence-corrected chi connectivity index (χ1v) is 13.5. The summed E-state index contributed by atoms with van der Waals surface area (Å²) in [7, 11) is 0. The van der Waals surface area contributed by atoms with Gasteiger partial charge >= 0.3 is 0 Å². The van der Waals surface area contributed by atoms with Crippen LogP contribution in [0.25, 0.3) is 76.7 Å². The van der Waals surface area contributed by atoms with Gasteiger partial charge in [0.1, 0.15) is 0 Å². The van der Waals surface area contributed by atoms with Crippen molar-refractivity contribution in [2.24, 2.45) is 0 Å². The Kier molecular flexibility index (Phi) is 4.30. The monoisotopic (exact) mass is 510 g/mol. The smallest absolute Gasteiger partial charge is 0.0811 e. The molecule has 40 heavy (non-hydrogen) atoms. The minimum Gasteiger partial charge on any atom is -0.307 e. The van der Waals surface area contributed by atoms with Crippen LogP contribution in [0, 0.1) is 0 Å². The van der Waals surface area contributed by atoms with E-state index in [9.17, 15) is 0 Å². The van der Waals surface area contributed by atoms with Crippen molar-refractivity contribution in [3.8, 4) is 11.4 Å². The van der Waals surface area contributed by atoms with Crippen molar-refractivity contribution in [3.63, 3.8) is 0 Å². The van der Waals surface area contributed by atoms with Gasteiger partial charge in [0.05, 0.1) is 33.3 Å². The van der Waals surface area contributed by atoms with Gasteiger partial charge in [-0.1, -0.05) is 72.8 Å². The first-order chi connectivity index (χ1) is 19.9. The van der Waals surface area contributed by atoms with Crippen LogP contribution in [0.15, 0.2) is 134 Å². The van der Waals surface area contributed by atoms with Crippen molar-refractivity contribution in [1.29, 1.82) is 0 Å². The van der Waals surface area contributed by atoms with Gasteiger partial charge in [-0.25, -0.2) is 0 Å². The molecule has 0 atom stereocenters. The Morgan fingerprint density at radius 3 is 2.02 bits per heavy atom. The van der Waals surface area contributed by atoms with Gasteiger partial charge in [0.15, 0.2) is 0 Å². The number of hydrogen-bond donors (Lipinski definition) is 0. The summed E-state index contributed by atoms with van der Waals surface area (Å²) in [5, 5.41) is 8.24. The second kappa shape index (κ2) is 8.01. The second-order valence-corrected chi connectivity index (χ2v) is 10.3. The molecular formula is C36H22N4. The highest BCUT2D eigenvalue weighted by Gasteiger charge is 2.25. The van der Waals surface area contributed by atoms with E-state index in [-0.39, 0.29) is 0 Å². The molecule has 4 nitrogen and oxygen atoms in total. The van der Waals surface area contributed by atoms with Crippen molar-refractivity contribution in [2.75, 3.05) is 0 Å². The zero-order valence-corrected chi connectivity index (χ0v) is 21.5. The molecule has 0 radical (unpaired) electrons. The summed E-state index contributed by atoms with van der Waals surface area (Å²) in [6, 6.07) is 41.0. The molecule has 0 fully saturated rings. The van der Waals surface area contributed by atoms with E-state index >= 15 is 0 Å². The molecule has 4 heteroatoms. The zero-order chi connectivity index (χ0) is 26.2. The highest BCUT2D eigenvalue weighted by molar-refractivity contribution is 6.35. The van der Waals surface area contributed by atoms with Gasteiger partial charge in [-0.2, -0.15) is 0 Å². The molecule has 4 aromatic heterocycles. The van der Waals surface area contributed by atoms with Crippen LogP contribution in [-0.4, -0.2) is 19.1 Å². The van der Waals surface area contributed by atoms with Gasteiger partial charge in [0, 0.05) is 56.6 Å². The van der Waals surface area contributed by atoms with Crippen molar-refractivity contribution in [1.82, 2.24) is 19.1 Å². The molecule has 0 unspecified atom stereocenters. The number of hydrogen-bond acceptors (Lipinski definition) is 2. The van der Waals surface area contributed by atoms with E-state index in [1.165, 1.54) is 38.0 Å². The van der Waals surface area contributed by atoms with E-state index in [1.807, 2.05) is 18.6 Å². The lowest BCUT2D eigenvalue weighted by molar-refractivity contribution is 1.15. The molecule has 5 aromatic carbocycles. The predicted molar refractivity (Wildman–Crippen MR) is 166 cm³/mol. The van der Waals surface area contributed by atoms with Crippen molar-refractivity contribution in [2.45, 2.75) is 0 Å². The lowest BCUT2D eigenvalue weighted by Crippen LogP contribution is -2.00. The maximum Gasteiger partial charge on any atom is 0.0811 e. The Labute approximate surface area is 229 Å². The van der Waals surface area contributed by atoms with Gasteiger partial charge in [-0.15, -0.1) is 0 Å². The molecule has 0 amide bonds. The fourth-order valence-electron chi connectivity index (χ4n) is 6.63. The normalized spacial score (nSPS) is 12.0. The van der Waals surface area contributed by atoms with Crippen LogP contribution in [-0.2, 0) is 0 Å². The number of para-hydroxylation sites is 3. The number of fused-ring (bicyclic) bond motifs is 11. The third-order valence-corrected chi connectivity index (χ3v) is 8.20. The van der Waals surface area contributed by atoms with Gasteiger partial charge < -0.3 is 9.13 Å². The molecule has 0 saturated heterocycles. The summed E-state index contributed by atoms with van der Waals surface area (Å²) < 4.78 is 4.86. The molecule has 0 aliphatic carbocycles. The topological polar surface area (TPSA) is 35.6 Å². The third-order valence-electron chi connectivity index (χ3n) is 8.20. The van der Waals surface area contributed by atoms with Crippen molar-refractivity contribution in [3.05, 3.63) is 134 Å². The molecule has 9 rings (SSSR count). The molecule has 0 aliphatic rings. The minimum absolute atomic E-state index is 1.03. The minimum atomic E-state index is 1.03. The summed E-state index contributed by atoms with van der Waals surface area (Å²) in [6.07, 6.45) is 5.76. The predicted octanol–water partition coefficient (Wildman–Crippen LogP) is 8.98. The van der Waals surface area contributed by atoms with E-state index in [0.717, 1.165) is 38.7 Å². The molecule has 9 aromatic rings. The van der Waals surface area contributed by atoms with Crippen LogP contribution in [0.3, 0.4) is 0 Å². The highest BCUT2D eigenvalue weighted by Crippen LogP contribution is 2.46. The Bertz CT molecular complexity index is 2430. The van der Waals surface area contributed by atoms with E-state index in [4.69, 9.17) is 4.98 Å². The lowest BCUT2D eigenvalue weighted by Gasteiger charge is -2.15. The summed E-state index contributed by atoms with van der Waals surface area (Å²) >= 11 is 0. The van der Waals surface area contributed by atoms with Crippen molar-refractivity contribution >= 4 is 65.3 Å².